The molecule has 0 spiro atoms. The summed E-state index contributed by atoms with van der Waals surface area (Å²) in [5.74, 6) is 3.78. The summed E-state index contributed by atoms with van der Waals surface area (Å²) in [6.45, 7) is 3.31. The van der Waals surface area contributed by atoms with Crippen LogP contribution in [0.15, 0.2) is 24.3 Å². The molecule has 1 aromatic rings. The van der Waals surface area contributed by atoms with Gasteiger partial charge in [0.1, 0.15) is 0 Å². The number of benzene rings is 1. The number of allylic oxidation sites excluding steroid dienone is 2. The van der Waals surface area contributed by atoms with Gasteiger partial charge in [-0.25, -0.2) is 0 Å². The van der Waals surface area contributed by atoms with Crippen molar-refractivity contribution in [3.63, 3.8) is 0 Å². The van der Waals surface area contributed by atoms with E-state index in [9.17, 15) is 0 Å². The highest BCUT2D eigenvalue weighted by molar-refractivity contribution is 5.53. The molecule has 1 aliphatic heterocycles. The fourth-order valence-corrected chi connectivity index (χ4v) is 3.73. The number of methoxy groups -OCH3 is 3. The number of nitrogens with zero attached hydrogens (tertiary/aromatic N) is 1. The summed E-state index contributed by atoms with van der Waals surface area (Å²) in [6.07, 6.45) is 7.14. The molecule has 4 heteroatoms. The molecule has 4 nitrogen and oxygen atoms in total. The standard InChI is InChI=1S/C18H25NO3/c1-20-16-8-13(9-17(21-2)18(16)22-3)10-19-11-14-6-4-5-7-15(14)12-19/h4-5,8-9,14-15H,6-7,10-12H2,1-3H3/t14-,15+. The molecule has 0 amide bonds. The highest BCUT2D eigenvalue weighted by atomic mass is 16.5. The maximum Gasteiger partial charge on any atom is 0.203 e. The molecule has 2 aliphatic rings. The second-order valence-corrected chi connectivity index (χ2v) is 6.19. The van der Waals surface area contributed by atoms with Gasteiger partial charge in [-0.2, -0.15) is 0 Å². The molecule has 0 saturated carbocycles. The maximum atomic E-state index is 5.44. The van der Waals surface area contributed by atoms with Crippen LogP contribution in [0.2, 0.25) is 0 Å². The van der Waals surface area contributed by atoms with E-state index in [0.717, 1.165) is 29.9 Å². The lowest BCUT2D eigenvalue weighted by molar-refractivity contribution is 0.305. The van der Waals surface area contributed by atoms with E-state index in [4.69, 9.17) is 14.2 Å². The summed E-state index contributed by atoms with van der Waals surface area (Å²) in [5.41, 5.74) is 1.21. The van der Waals surface area contributed by atoms with E-state index in [1.807, 2.05) is 0 Å². The third kappa shape index (κ3) is 2.93. The first kappa shape index (κ1) is 15.2. The molecule has 1 aliphatic carbocycles. The van der Waals surface area contributed by atoms with Gasteiger partial charge >= 0.3 is 0 Å². The van der Waals surface area contributed by atoms with Crippen LogP contribution in [0, 0.1) is 11.8 Å². The Kier molecular flexibility index (Phi) is 4.57. The minimum absolute atomic E-state index is 0.660. The van der Waals surface area contributed by atoms with Crippen LogP contribution in [0.1, 0.15) is 18.4 Å². The van der Waals surface area contributed by atoms with Gasteiger partial charge in [0.05, 0.1) is 21.3 Å². The van der Waals surface area contributed by atoms with E-state index in [2.05, 4.69) is 29.2 Å². The van der Waals surface area contributed by atoms with Crippen LogP contribution in [0.4, 0.5) is 0 Å². The second kappa shape index (κ2) is 6.61. The molecule has 0 bridgehead atoms. The minimum atomic E-state index is 0.660. The minimum Gasteiger partial charge on any atom is -0.493 e. The van der Waals surface area contributed by atoms with Crippen molar-refractivity contribution in [1.82, 2.24) is 4.90 Å². The first-order valence-corrected chi connectivity index (χ1v) is 7.91. The fourth-order valence-electron chi connectivity index (χ4n) is 3.73. The lowest BCUT2D eigenvalue weighted by Gasteiger charge is -2.18. The lowest BCUT2D eigenvalue weighted by atomic mass is 9.86. The molecule has 3 rings (SSSR count). The molecule has 0 unspecified atom stereocenters. The van der Waals surface area contributed by atoms with Crippen LogP contribution in [-0.4, -0.2) is 39.3 Å². The van der Waals surface area contributed by atoms with Crippen molar-refractivity contribution in [3.05, 3.63) is 29.8 Å². The molecule has 22 heavy (non-hydrogen) atoms. The van der Waals surface area contributed by atoms with E-state index in [1.165, 1.54) is 31.5 Å². The molecule has 0 radical (unpaired) electrons. The van der Waals surface area contributed by atoms with Crippen LogP contribution in [0.3, 0.4) is 0 Å². The zero-order valence-electron chi connectivity index (χ0n) is 13.7. The average molecular weight is 303 g/mol. The van der Waals surface area contributed by atoms with E-state index in [-0.39, 0.29) is 0 Å². The molecule has 120 valence electrons. The van der Waals surface area contributed by atoms with E-state index >= 15 is 0 Å². The van der Waals surface area contributed by atoms with Crippen LogP contribution in [0.5, 0.6) is 17.2 Å². The summed E-state index contributed by atoms with van der Waals surface area (Å²) in [5, 5.41) is 0. The van der Waals surface area contributed by atoms with Crippen molar-refractivity contribution in [2.75, 3.05) is 34.4 Å². The quantitative estimate of drug-likeness (QED) is 0.782. The Morgan fingerprint density at radius 1 is 0.909 bits per heavy atom. The number of hydrogen-bond donors (Lipinski definition) is 0. The van der Waals surface area contributed by atoms with E-state index < -0.39 is 0 Å². The molecule has 1 heterocycles. The first-order chi connectivity index (χ1) is 10.7. The highest BCUT2D eigenvalue weighted by Crippen LogP contribution is 2.39. The zero-order chi connectivity index (χ0) is 15.5. The Morgan fingerprint density at radius 3 is 1.91 bits per heavy atom. The van der Waals surface area contributed by atoms with Crippen molar-refractivity contribution in [2.45, 2.75) is 19.4 Å². The van der Waals surface area contributed by atoms with Gasteiger partial charge in [0.25, 0.3) is 0 Å². The molecular formula is C18H25NO3. The third-order valence-corrected chi connectivity index (χ3v) is 4.83. The van der Waals surface area contributed by atoms with Gasteiger partial charge in [0.2, 0.25) is 5.75 Å². The first-order valence-electron chi connectivity index (χ1n) is 7.91. The number of rotatable bonds is 5. The molecular weight excluding hydrogens is 278 g/mol. The van der Waals surface area contributed by atoms with Crippen LogP contribution < -0.4 is 14.2 Å². The summed E-state index contributed by atoms with van der Waals surface area (Å²) >= 11 is 0. The predicted octanol–water partition coefficient (Wildman–Crippen LogP) is 3.11. The predicted molar refractivity (Wildman–Crippen MR) is 86.7 cm³/mol. The van der Waals surface area contributed by atoms with Crippen molar-refractivity contribution >= 4 is 0 Å². The molecule has 0 aromatic heterocycles. The highest BCUT2D eigenvalue weighted by Gasteiger charge is 2.32. The van der Waals surface area contributed by atoms with Crippen LogP contribution >= 0.6 is 0 Å². The molecule has 0 N–H and O–H groups in total. The largest absolute Gasteiger partial charge is 0.493 e. The third-order valence-electron chi connectivity index (χ3n) is 4.83. The van der Waals surface area contributed by atoms with Crippen molar-refractivity contribution in [1.29, 1.82) is 0 Å². The average Bonchev–Trinajstić information content (AvgIpc) is 2.95. The maximum absolute atomic E-state index is 5.44. The summed E-state index contributed by atoms with van der Waals surface area (Å²) in [6, 6.07) is 4.11. The van der Waals surface area contributed by atoms with Gasteiger partial charge in [-0.15, -0.1) is 0 Å². The Labute approximate surface area is 132 Å². The Hall–Kier alpha value is -1.68. The van der Waals surface area contributed by atoms with Crippen molar-refractivity contribution in [2.24, 2.45) is 11.8 Å². The molecule has 2 atom stereocenters. The van der Waals surface area contributed by atoms with Gasteiger partial charge < -0.3 is 14.2 Å². The zero-order valence-corrected chi connectivity index (χ0v) is 13.7. The second-order valence-electron chi connectivity index (χ2n) is 6.19. The summed E-state index contributed by atoms with van der Waals surface area (Å²) < 4.78 is 16.3. The van der Waals surface area contributed by atoms with E-state index in [1.54, 1.807) is 21.3 Å². The van der Waals surface area contributed by atoms with Crippen LogP contribution in [0.25, 0.3) is 0 Å². The summed E-state index contributed by atoms with van der Waals surface area (Å²) in [4.78, 5) is 2.54. The van der Waals surface area contributed by atoms with Crippen molar-refractivity contribution < 1.29 is 14.2 Å². The Morgan fingerprint density at radius 2 is 1.45 bits per heavy atom. The van der Waals surface area contributed by atoms with Crippen LogP contribution in [-0.2, 0) is 6.54 Å². The smallest absolute Gasteiger partial charge is 0.203 e. The van der Waals surface area contributed by atoms with Gasteiger partial charge in [0, 0.05) is 19.6 Å². The van der Waals surface area contributed by atoms with Gasteiger partial charge in [-0.1, -0.05) is 12.2 Å². The number of ether oxygens (including phenoxy) is 3. The van der Waals surface area contributed by atoms with Gasteiger partial charge in [-0.05, 0) is 42.4 Å². The Balaban J connectivity index is 1.75. The van der Waals surface area contributed by atoms with Gasteiger partial charge in [-0.3, -0.25) is 4.90 Å². The molecule has 1 fully saturated rings. The monoisotopic (exact) mass is 303 g/mol. The molecule has 1 saturated heterocycles. The fraction of sp³-hybridized carbons (Fsp3) is 0.556. The number of likely N-dealkylation sites (tertiary alicyclic amines) is 1. The van der Waals surface area contributed by atoms with Crippen molar-refractivity contribution in [3.8, 4) is 17.2 Å². The van der Waals surface area contributed by atoms with E-state index in [0.29, 0.717) is 5.75 Å². The molecule has 1 aromatic carbocycles. The number of fused-ring (bicyclic) bond motifs is 1. The Bertz CT molecular complexity index is 514. The topological polar surface area (TPSA) is 30.9 Å². The van der Waals surface area contributed by atoms with Gasteiger partial charge in [0.15, 0.2) is 11.5 Å². The normalized spacial score (nSPS) is 24.1. The lowest BCUT2D eigenvalue weighted by Crippen LogP contribution is -2.20. The number of hydrogen-bond acceptors (Lipinski definition) is 4. The summed E-state index contributed by atoms with van der Waals surface area (Å²) in [7, 11) is 4.96. The SMILES string of the molecule is COc1cc(CN2C[C@H]3CC=CC[C@H]3C2)cc(OC)c1OC.